The lowest BCUT2D eigenvalue weighted by Crippen LogP contribution is -2.61. The standard InChI is InChI=1S/C17H22O5/c1-16(2)20-13-14(19-10-11-6-4-3-5-7-11)17(9-8-12(17)18)22-15(13)21-16/h3-7,12-15,18H,8-10H2,1-2H3/t12-,13-,14?,15?,17-/m0/s1. The number of fused-ring (bicyclic) bond motifs is 1. The first-order chi connectivity index (χ1) is 10.5. The third-order valence-electron chi connectivity index (χ3n) is 4.85. The van der Waals surface area contributed by atoms with Crippen LogP contribution in [-0.4, -0.2) is 41.1 Å². The van der Waals surface area contributed by atoms with Crippen LogP contribution in [0.3, 0.4) is 0 Å². The van der Waals surface area contributed by atoms with Gasteiger partial charge in [-0.3, -0.25) is 0 Å². The van der Waals surface area contributed by atoms with Gasteiger partial charge in [0, 0.05) is 0 Å². The molecule has 1 aliphatic carbocycles. The van der Waals surface area contributed by atoms with Crippen molar-refractivity contribution in [2.45, 2.75) is 69.3 Å². The van der Waals surface area contributed by atoms with E-state index in [2.05, 4.69) is 0 Å². The van der Waals surface area contributed by atoms with Gasteiger partial charge in [0.15, 0.2) is 12.1 Å². The number of hydrogen-bond donors (Lipinski definition) is 1. The number of rotatable bonds is 3. The summed E-state index contributed by atoms with van der Waals surface area (Å²) >= 11 is 0. The Hall–Kier alpha value is -0.980. The Balaban J connectivity index is 1.53. The van der Waals surface area contributed by atoms with Crippen molar-refractivity contribution in [2.75, 3.05) is 0 Å². The second kappa shape index (κ2) is 5.01. The maximum atomic E-state index is 10.2. The molecule has 0 radical (unpaired) electrons. The van der Waals surface area contributed by atoms with Crippen LogP contribution in [-0.2, 0) is 25.6 Å². The van der Waals surface area contributed by atoms with E-state index >= 15 is 0 Å². The van der Waals surface area contributed by atoms with E-state index < -0.39 is 23.8 Å². The highest BCUT2D eigenvalue weighted by atomic mass is 16.8. The second-order valence-electron chi connectivity index (χ2n) is 6.81. The molecule has 5 nitrogen and oxygen atoms in total. The van der Waals surface area contributed by atoms with Gasteiger partial charge in [-0.05, 0) is 32.3 Å². The molecule has 2 aliphatic heterocycles. The van der Waals surface area contributed by atoms with Crippen LogP contribution in [0.2, 0.25) is 0 Å². The van der Waals surface area contributed by atoms with Crippen molar-refractivity contribution in [3.63, 3.8) is 0 Å². The molecule has 3 aliphatic rings. The van der Waals surface area contributed by atoms with Gasteiger partial charge >= 0.3 is 0 Å². The summed E-state index contributed by atoms with van der Waals surface area (Å²) in [5.74, 6) is -0.681. The minimum Gasteiger partial charge on any atom is -0.390 e. The number of aliphatic hydroxyl groups is 1. The summed E-state index contributed by atoms with van der Waals surface area (Å²) in [6.45, 7) is 4.20. The Morgan fingerprint density at radius 3 is 2.59 bits per heavy atom. The van der Waals surface area contributed by atoms with Gasteiger partial charge in [0.25, 0.3) is 0 Å². The minimum atomic E-state index is -0.681. The predicted molar refractivity (Wildman–Crippen MR) is 77.9 cm³/mol. The van der Waals surface area contributed by atoms with E-state index in [0.29, 0.717) is 6.61 Å². The van der Waals surface area contributed by atoms with E-state index in [-0.39, 0.29) is 12.2 Å². The van der Waals surface area contributed by atoms with Crippen molar-refractivity contribution in [3.8, 4) is 0 Å². The Bertz CT molecular complexity index is 545. The fourth-order valence-electron chi connectivity index (χ4n) is 3.64. The molecule has 5 atom stereocenters. The molecule has 2 heterocycles. The van der Waals surface area contributed by atoms with E-state index in [9.17, 15) is 5.11 Å². The largest absolute Gasteiger partial charge is 0.390 e. The molecule has 0 bridgehead atoms. The smallest absolute Gasteiger partial charge is 0.190 e. The van der Waals surface area contributed by atoms with Crippen LogP contribution in [0.25, 0.3) is 0 Å². The first-order valence-electron chi connectivity index (χ1n) is 7.87. The van der Waals surface area contributed by atoms with E-state index in [4.69, 9.17) is 18.9 Å². The van der Waals surface area contributed by atoms with Crippen molar-refractivity contribution in [2.24, 2.45) is 0 Å². The molecule has 120 valence electrons. The lowest BCUT2D eigenvalue weighted by atomic mass is 9.73. The van der Waals surface area contributed by atoms with Crippen molar-refractivity contribution in [1.29, 1.82) is 0 Å². The van der Waals surface area contributed by atoms with Crippen LogP contribution in [0.1, 0.15) is 32.3 Å². The molecule has 1 aromatic rings. The zero-order valence-corrected chi connectivity index (χ0v) is 12.9. The monoisotopic (exact) mass is 306 g/mol. The highest BCUT2D eigenvalue weighted by molar-refractivity contribution is 5.16. The molecule has 2 unspecified atom stereocenters. The van der Waals surface area contributed by atoms with Crippen LogP contribution >= 0.6 is 0 Å². The van der Waals surface area contributed by atoms with Gasteiger partial charge in [-0.15, -0.1) is 0 Å². The Labute approximate surface area is 130 Å². The van der Waals surface area contributed by atoms with Crippen LogP contribution in [0, 0.1) is 0 Å². The average Bonchev–Trinajstić information content (AvgIpc) is 2.95. The van der Waals surface area contributed by atoms with Crippen molar-refractivity contribution < 1.29 is 24.1 Å². The molecule has 3 fully saturated rings. The summed E-state index contributed by atoms with van der Waals surface area (Å²) < 4.78 is 23.9. The average molecular weight is 306 g/mol. The molecule has 0 aromatic heterocycles. The Morgan fingerprint density at radius 2 is 1.95 bits per heavy atom. The number of aliphatic hydroxyl groups excluding tert-OH is 1. The molecule has 0 amide bonds. The first kappa shape index (κ1) is 14.6. The summed E-state index contributed by atoms with van der Waals surface area (Å²) in [5, 5.41) is 10.2. The molecule has 1 saturated carbocycles. The normalized spacial score (nSPS) is 42.3. The lowest BCUT2D eigenvalue weighted by molar-refractivity contribution is -0.287. The van der Waals surface area contributed by atoms with E-state index in [0.717, 1.165) is 18.4 Å². The van der Waals surface area contributed by atoms with Crippen LogP contribution in [0.4, 0.5) is 0 Å². The molecule has 5 heteroatoms. The predicted octanol–water partition coefficient (Wildman–Crippen LogP) is 1.97. The Kier molecular flexibility index (Phi) is 3.33. The number of hydrogen-bond acceptors (Lipinski definition) is 5. The van der Waals surface area contributed by atoms with Gasteiger partial charge in [0.2, 0.25) is 0 Å². The summed E-state index contributed by atoms with van der Waals surface area (Å²) in [6.07, 6.45) is -0.0984. The van der Waals surface area contributed by atoms with Crippen molar-refractivity contribution in [3.05, 3.63) is 35.9 Å². The van der Waals surface area contributed by atoms with E-state index in [1.165, 1.54) is 0 Å². The van der Waals surface area contributed by atoms with Crippen LogP contribution < -0.4 is 0 Å². The van der Waals surface area contributed by atoms with Crippen molar-refractivity contribution >= 4 is 0 Å². The zero-order valence-electron chi connectivity index (χ0n) is 12.9. The molecular formula is C17H22O5. The quantitative estimate of drug-likeness (QED) is 0.925. The SMILES string of the molecule is CC1(C)OC2O[C@]3(CC[C@@H]3O)C(OCc3ccccc3)[C@@H]2O1. The van der Waals surface area contributed by atoms with Gasteiger partial charge in [0.05, 0.1) is 12.7 Å². The van der Waals surface area contributed by atoms with Gasteiger partial charge in [-0.2, -0.15) is 0 Å². The molecule has 4 rings (SSSR count). The summed E-state index contributed by atoms with van der Waals surface area (Å²) in [4.78, 5) is 0. The summed E-state index contributed by atoms with van der Waals surface area (Å²) in [6, 6.07) is 9.99. The van der Waals surface area contributed by atoms with Crippen LogP contribution in [0.15, 0.2) is 30.3 Å². The molecule has 1 aromatic carbocycles. The second-order valence-corrected chi connectivity index (χ2v) is 6.81. The highest BCUT2D eigenvalue weighted by Gasteiger charge is 2.68. The molecule has 1 N–H and O–H groups in total. The van der Waals surface area contributed by atoms with Gasteiger partial charge in [-0.1, -0.05) is 30.3 Å². The minimum absolute atomic E-state index is 0.298. The molecular weight excluding hydrogens is 284 g/mol. The van der Waals surface area contributed by atoms with Gasteiger partial charge < -0.3 is 24.1 Å². The molecule has 1 spiro atoms. The van der Waals surface area contributed by atoms with Gasteiger partial charge in [0.1, 0.15) is 17.8 Å². The third kappa shape index (κ3) is 2.20. The summed E-state index contributed by atoms with van der Waals surface area (Å²) in [7, 11) is 0. The number of ether oxygens (including phenoxy) is 4. The maximum Gasteiger partial charge on any atom is 0.190 e. The first-order valence-corrected chi connectivity index (χ1v) is 7.87. The Morgan fingerprint density at radius 1 is 1.18 bits per heavy atom. The number of benzene rings is 1. The molecule has 22 heavy (non-hydrogen) atoms. The highest BCUT2D eigenvalue weighted by Crippen LogP contribution is 2.52. The maximum absolute atomic E-state index is 10.2. The zero-order chi connectivity index (χ0) is 15.4. The summed E-state index contributed by atoms with van der Waals surface area (Å²) in [5.41, 5.74) is 0.411. The topological polar surface area (TPSA) is 57.2 Å². The van der Waals surface area contributed by atoms with Gasteiger partial charge in [-0.25, -0.2) is 0 Å². The van der Waals surface area contributed by atoms with E-state index in [1.54, 1.807) is 0 Å². The van der Waals surface area contributed by atoms with Crippen LogP contribution in [0.5, 0.6) is 0 Å². The fourth-order valence-corrected chi connectivity index (χ4v) is 3.64. The lowest BCUT2D eigenvalue weighted by Gasteiger charge is -2.47. The van der Waals surface area contributed by atoms with E-state index in [1.807, 2.05) is 44.2 Å². The fraction of sp³-hybridized carbons (Fsp3) is 0.647. The molecule has 2 saturated heterocycles. The van der Waals surface area contributed by atoms with Crippen molar-refractivity contribution in [1.82, 2.24) is 0 Å². The third-order valence-corrected chi connectivity index (χ3v) is 4.85.